The van der Waals surface area contributed by atoms with Crippen LogP contribution in [0.15, 0.2) is 13.6 Å². The van der Waals surface area contributed by atoms with Gasteiger partial charge in [-0.15, -0.1) is 11.3 Å². The maximum Gasteiger partial charge on any atom is 0.253 e. The molecule has 1 heterocycles. The summed E-state index contributed by atoms with van der Waals surface area (Å²) in [6.45, 7) is 2.53. The minimum atomic E-state index is -0.0653. The zero-order valence-electron chi connectivity index (χ0n) is 8.22. The number of nitrogens with one attached hydrogen (secondary N) is 1. The van der Waals surface area contributed by atoms with E-state index in [1.807, 2.05) is 6.92 Å². The van der Waals surface area contributed by atoms with Gasteiger partial charge in [0.1, 0.15) is 0 Å². The van der Waals surface area contributed by atoms with Crippen LogP contribution < -0.4 is 11.1 Å². The van der Waals surface area contributed by atoms with Crippen molar-refractivity contribution >= 4 is 49.1 Å². The molecule has 0 saturated carbocycles. The Morgan fingerprint density at radius 1 is 1.67 bits per heavy atom. The van der Waals surface area contributed by atoms with E-state index in [9.17, 15) is 4.79 Å². The van der Waals surface area contributed by atoms with Crippen LogP contribution in [0.25, 0.3) is 0 Å². The molecule has 1 rings (SSSR count). The quantitative estimate of drug-likeness (QED) is 0.872. The van der Waals surface area contributed by atoms with Crippen LogP contribution in [-0.2, 0) is 0 Å². The second kappa shape index (κ2) is 5.98. The molecule has 0 radical (unpaired) electrons. The van der Waals surface area contributed by atoms with E-state index in [-0.39, 0.29) is 11.9 Å². The van der Waals surface area contributed by atoms with Crippen molar-refractivity contribution in [3.8, 4) is 0 Å². The molecular formula is C9H12Br2N2OS. The Bertz CT molecular complexity index is 352. The Morgan fingerprint density at radius 2 is 2.33 bits per heavy atom. The minimum Gasteiger partial charge on any atom is -0.352 e. The minimum absolute atomic E-state index is 0.0653. The number of carbonyl (C=O) groups is 1. The molecule has 0 spiro atoms. The average molecular weight is 356 g/mol. The highest BCUT2D eigenvalue weighted by atomic mass is 79.9. The lowest BCUT2D eigenvalue weighted by atomic mass is 10.2. The summed E-state index contributed by atoms with van der Waals surface area (Å²) < 4.78 is 1.78. The van der Waals surface area contributed by atoms with Gasteiger partial charge in [0.25, 0.3) is 5.91 Å². The fraction of sp³-hybridized carbons (Fsp3) is 0.444. The molecule has 6 heteroatoms. The predicted molar refractivity (Wildman–Crippen MR) is 70.3 cm³/mol. The van der Waals surface area contributed by atoms with Gasteiger partial charge in [0.15, 0.2) is 0 Å². The Balaban J connectivity index is 2.50. The maximum atomic E-state index is 11.7. The lowest BCUT2D eigenvalue weighted by molar-refractivity contribution is 0.0952. The Hall–Kier alpha value is 0.0900. The summed E-state index contributed by atoms with van der Waals surface area (Å²) in [5.74, 6) is -0.0653. The third kappa shape index (κ3) is 4.22. The van der Waals surface area contributed by atoms with E-state index >= 15 is 0 Å². The number of carbonyl (C=O) groups excluding carboxylic acids is 1. The molecular weight excluding hydrogens is 344 g/mol. The number of thiophene rings is 1. The molecule has 1 aromatic rings. The molecule has 0 fully saturated rings. The summed E-state index contributed by atoms with van der Waals surface area (Å²) in [5.41, 5.74) is 6.25. The molecule has 3 N–H and O–H groups in total. The van der Waals surface area contributed by atoms with Crippen LogP contribution in [0.1, 0.15) is 23.7 Å². The van der Waals surface area contributed by atoms with Crippen molar-refractivity contribution in [3.63, 3.8) is 0 Å². The standard InChI is InChI=1S/C9H12Br2N2OS/c1-5(12)2-3-13-9(14)6-4-7(10)15-8(6)11/h4-5H,2-3,12H2,1H3,(H,13,14). The summed E-state index contributed by atoms with van der Waals surface area (Å²) >= 11 is 8.16. The first kappa shape index (κ1) is 13.2. The van der Waals surface area contributed by atoms with Crippen LogP contribution in [0, 0.1) is 0 Å². The van der Waals surface area contributed by atoms with Gasteiger partial charge in [0.05, 0.1) is 13.1 Å². The van der Waals surface area contributed by atoms with Gasteiger partial charge in [0.2, 0.25) is 0 Å². The molecule has 0 aliphatic heterocycles. The zero-order chi connectivity index (χ0) is 11.4. The first-order valence-corrected chi connectivity index (χ1v) is 6.89. The van der Waals surface area contributed by atoms with Crippen LogP contribution in [0.2, 0.25) is 0 Å². The highest BCUT2D eigenvalue weighted by molar-refractivity contribution is 9.12. The number of hydrogen-bond donors (Lipinski definition) is 2. The zero-order valence-corrected chi connectivity index (χ0v) is 12.2. The highest BCUT2D eigenvalue weighted by Gasteiger charge is 2.12. The molecule has 1 aromatic heterocycles. The number of halogens is 2. The van der Waals surface area contributed by atoms with Gasteiger partial charge in [0, 0.05) is 12.6 Å². The molecule has 0 aliphatic rings. The van der Waals surface area contributed by atoms with E-state index in [2.05, 4.69) is 37.2 Å². The van der Waals surface area contributed by atoms with Gasteiger partial charge in [-0.05, 0) is 51.3 Å². The van der Waals surface area contributed by atoms with Crippen LogP contribution in [-0.4, -0.2) is 18.5 Å². The summed E-state index contributed by atoms with van der Waals surface area (Å²) in [6.07, 6.45) is 0.786. The Labute approximate surface area is 110 Å². The molecule has 0 saturated heterocycles. The molecule has 15 heavy (non-hydrogen) atoms. The SMILES string of the molecule is CC(N)CCNC(=O)c1cc(Br)sc1Br. The van der Waals surface area contributed by atoms with Crippen LogP contribution >= 0.6 is 43.2 Å². The van der Waals surface area contributed by atoms with Crippen LogP contribution in [0.3, 0.4) is 0 Å². The normalized spacial score (nSPS) is 12.5. The maximum absolute atomic E-state index is 11.7. The summed E-state index contributed by atoms with van der Waals surface area (Å²) in [5, 5.41) is 2.82. The molecule has 1 unspecified atom stereocenters. The van der Waals surface area contributed by atoms with Gasteiger partial charge < -0.3 is 11.1 Å². The van der Waals surface area contributed by atoms with Gasteiger partial charge >= 0.3 is 0 Å². The fourth-order valence-corrected chi connectivity index (χ4v) is 3.80. The van der Waals surface area contributed by atoms with Crippen LogP contribution in [0.5, 0.6) is 0 Å². The van der Waals surface area contributed by atoms with Crippen molar-refractivity contribution in [2.75, 3.05) is 6.54 Å². The summed E-state index contributed by atoms with van der Waals surface area (Å²) in [6, 6.07) is 1.92. The number of amides is 1. The topological polar surface area (TPSA) is 55.1 Å². The largest absolute Gasteiger partial charge is 0.352 e. The van der Waals surface area contributed by atoms with Crippen molar-refractivity contribution in [2.45, 2.75) is 19.4 Å². The van der Waals surface area contributed by atoms with Gasteiger partial charge in [-0.2, -0.15) is 0 Å². The lowest BCUT2D eigenvalue weighted by Gasteiger charge is -2.06. The number of rotatable bonds is 4. The van der Waals surface area contributed by atoms with Crippen molar-refractivity contribution < 1.29 is 4.79 Å². The predicted octanol–water partition coefficient (Wildman–Crippen LogP) is 2.74. The van der Waals surface area contributed by atoms with E-state index in [4.69, 9.17) is 5.73 Å². The highest BCUT2D eigenvalue weighted by Crippen LogP contribution is 2.31. The van der Waals surface area contributed by atoms with E-state index in [1.54, 1.807) is 6.07 Å². The van der Waals surface area contributed by atoms with Crippen molar-refractivity contribution in [1.29, 1.82) is 0 Å². The molecule has 0 aromatic carbocycles. The average Bonchev–Trinajstić information content (AvgIpc) is 2.44. The third-order valence-electron chi connectivity index (χ3n) is 1.79. The lowest BCUT2D eigenvalue weighted by Crippen LogP contribution is -2.28. The second-order valence-corrected chi connectivity index (χ2v) is 7.01. The van der Waals surface area contributed by atoms with Crippen molar-refractivity contribution in [3.05, 3.63) is 19.2 Å². The van der Waals surface area contributed by atoms with E-state index in [1.165, 1.54) is 11.3 Å². The monoisotopic (exact) mass is 354 g/mol. The number of nitrogens with two attached hydrogens (primary N) is 1. The van der Waals surface area contributed by atoms with Crippen LogP contribution in [0.4, 0.5) is 0 Å². The Morgan fingerprint density at radius 3 is 2.80 bits per heavy atom. The van der Waals surface area contributed by atoms with Gasteiger partial charge in [-0.1, -0.05) is 0 Å². The summed E-state index contributed by atoms with van der Waals surface area (Å²) in [4.78, 5) is 11.7. The van der Waals surface area contributed by atoms with Crippen molar-refractivity contribution in [2.24, 2.45) is 5.73 Å². The van der Waals surface area contributed by atoms with Gasteiger partial charge in [-0.25, -0.2) is 0 Å². The molecule has 84 valence electrons. The summed E-state index contributed by atoms with van der Waals surface area (Å²) in [7, 11) is 0. The smallest absolute Gasteiger partial charge is 0.253 e. The molecule has 0 aliphatic carbocycles. The first-order valence-electron chi connectivity index (χ1n) is 4.49. The molecule has 3 nitrogen and oxygen atoms in total. The van der Waals surface area contributed by atoms with E-state index in [0.717, 1.165) is 14.0 Å². The number of hydrogen-bond acceptors (Lipinski definition) is 3. The van der Waals surface area contributed by atoms with Gasteiger partial charge in [-0.3, -0.25) is 4.79 Å². The molecule has 0 bridgehead atoms. The second-order valence-electron chi connectivity index (χ2n) is 3.26. The van der Waals surface area contributed by atoms with E-state index < -0.39 is 0 Å². The first-order chi connectivity index (χ1) is 7.00. The van der Waals surface area contributed by atoms with Crippen molar-refractivity contribution in [1.82, 2.24) is 5.32 Å². The fourth-order valence-electron chi connectivity index (χ4n) is 1.00. The molecule has 1 atom stereocenters. The molecule has 1 amide bonds. The van der Waals surface area contributed by atoms with E-state index in [0.29, 0.717) is 12.1 Å². The third-order valence-corrected chi connectivity index (χ3v) is 4.13. The Kier molecular flexibility index (Phi) is 5.25.